The van der Waals surface area contributed by atoms with E-state index in [1.807, 2.05) is 0 Å². The molecule has 4 heavy (non-hydrogen) atoms. The van der Waals surface area contributed by atoms with Crippen molar-refractivity contribution in [1.82, 2.24) is 0 Å². The Labute approximate surface area is 53.9 Å². The van der Waals surface area contributed by atoms with Crippen molar-refractivity contribution < 1.29 is 54.2 Å². The Bertz CT molecular complexity index is 3.25. The van der Waals surface area contributed by atoms with Crippen LogP contribution < -0.4 is 0 Å². The first-order chi connectivity index (χ1) is 0. The smallest absolute Gasteiger partial charge is 0.870 e. The summed E-state index contributed by atoms with van der Waals surface area (Å²) in [5.41, 5.74) is 0. The van der Waals surface area contributed by atoms with E-state index in [4.69, 9.17) is 0 Å². The molecule has 0 aromatic heterocycles. The van der Waals surface area contributed by atoms with Crippen molar-refractivity contribution in [1.29, 1.82) is 0 Å². The molecular formula is H3HoO3. The third kappa shape index (κ3) is 11.1. The number of hydrogen-bond donors (Lipinski definition) is 0. The minimum atomic E-state index is 0. The predicted octanol–water partition coefficient (Wildman–Crippen LogP) is -0.530. The Balaban J connectivity index is 0. The Morgan fingerprint density at radius 3 is 0.500 bits per heavy atom. The van der Waals surface area contributed by atoms with Crippen LogP contribution in [0.25, 0.3) is 0 Å². The summed E-state index contributed by atoms with van der Waals surface area (Å²) in [4.78, 5) is 0. The van der Waals surface area contributed by atoms with Crippen LogP contribution in [0.4, 0.5) is 0 Å². The van der Waals surface area contributed by atoms with Crippen LogP contribution in [0.15, 0.2) is 0 Å². The van der Waals surface area contributed by atoms with E-state index in [1.54, 1.807) is 0 Å². The fraction of sp³-hybridized carbons (Fsp3) is 0. The quantitative estimate of drug-likeness (QED) is 0.509. The van der Waals surface area contributed by atoms with Crippen LogP contribution in [0, 0.1) is 37.7 Å². The molecule has 0 saturated carbocycles. The summed E-state index contributed by atoms with van der Waals surface area (Å²) in [5.74, 6) is 0. The maximum atomic E-state index is 0. The van der Waals surface area contributed by atoms with E-state index >= 15 is 0 Å². The van der Waals surface area contributed by atoms with Crippen LogP contribution in [0.3, 0.4) is 0 Å². The molecule has 0 heterocycles. The Kier molecular flexibility index (Phi) is 533. The van der Waals surface area contributed by atoms with E-state index in [2.05, 4.69) is 0 Å². The molecule has 32 valence electrons. The molecule has 0 unspecified atom stereocenters. The van der Waals surface area contributed by atoms with Crippen LogP contribution in [0.2, 0.25) is 0 Å². The molecule has 0 atom stereocenters. The summed E-state index contributed by atoms with van der Waals surface area (Å²) in [6.45, 7) is 0. The molecule has 0 aromatic rings. The van der Waals surface area contributed by atoms with Crippen molar-refractivity contribution in [3.05, 3.63) is 0 Å². The van der Waals surface area contributed by atoms with Crippen LogP contribution in [0.5, 0.6) is 0 Å². The summed E-state index contributed by atoms with van der Waals surface area (Å²) >= 11 is 0. The molecular weight excluding hydrogens is 213 g/mol. The van der Waals surface area contributed by atoms with Gasteiger partial charge in [0.1, 0.15) is 0 Å². The molecule has 0 bridgehead atoms. The Morgan fingerprint density at radius 1 is 0.500 bits per heavy atom. The molecule has 3 nitrogen and oxygen atoms in total. The maximum absolute atomic E-state index is 0. The zero-order chi connectivity index (χ0) is 0. The van der Waals surface area contributed by atoms with Gasteiger partial charge >= 0.3 is 37.7 Å². The van der Waals surface area contributed by atoms with Gasteiger partial charge in [-0.05, 0) is 0 Å². The van der Waals surface area contributed by atoms with Crippen LogP contribution in [-0.2, 0) is 0 Å². The van der Waals surface area contributed by atoms with Gasteiger partial charge in [0.15, 0.2) is 0 Å². The van der Waals surface area contributed by atoms with Gasteiger partial charge in [0, 0.05) is 0 Å². The SMILES string of the molecule is [Ho+3].[OH-].[OH-].[OH-]. The molecule has 0 aliphatic heterocycles. The molecule has 0 rings (SSSR count). The van der Waals surface area contributed by atoms with Crippen molar-refractivity contribution in [2.24, 2.45) is 0 Å². The molecule has 0 amide bonds. The number of hydrogen-bond acceptors (Lipinski definition) is 3. The van der Waals surface area contributed by atoms with Crippen molar-refractivity contribution in [2.75, 3.05) is 0 Å². The minimum Gasteiger partial charge on any atom is -0.870 e. The molecule has 0 aliphatic carbocycles. The first-order valence-corrected chi connectivity index (χ1v) is 0. The zero-order valence-electron chi connectivity index (χ0n) is 1.64. The normalized spacial score (nSPS) is 0. The van der Waals surface area contributed by atoms with E-state index in [0.717, 1.165) is 0 Å². The van der Waals surface area contributed by atoms with Crippen molar-refractivity contribution in [2.45, 2.75) is 0 Å². The first-order valence-electron chi connectivity index (χ1n) is 0. The largest absolute Gasteiger partial charge is 3.00 e. The van der Waals surface area contributed by atoms with Gasteiger partial charge in [-0.2, -0.15) is 0 Å². The van der Waals surface area contributed by atoms with E-state index in [1.165, 1.54) is 0 Å². The molecule has 3 N–H and O–H groups in total. The van der Waals surface area contributed by atoms with E-state index in [9.17, 15) is 0 Å². The number of rotatable bonds is 0. The molecule has 4 heteroatoms. The first kappa shape index (κ1) is 67.8. The maximum Gasteiger partial charge on any atom is 3.00 e. The molecule has 0 spiro atoms. The molecule has 0 saturated heterocycles. The predicted molar refractivity (Wildman–Crippen MR) is 5.81 cm³/mol. The molecule has 0 radical (unpaired) electrons. The average molecular weight is 216 g/mol. The van der Waals surface area contributed by atoms with Crippen molar-refractivity contribution in [3.63, 3.8) is 0 Å². The zero-order valence-corrected chi connectivity index (χ0v) is 3.58. The van der Waals surface area contributed by atoms with Crippen LogP contribution in [0.1, 0.15) is 0 Å². The second-order valence-corrected chi connectivity index (χ2v) is 0. The van der Waals surface area contributed by atoms with Crippen molar-refractivity contribution in [3.8, 4) is 0 Å². The van der Waals surface area contributed by atoms with Gasteiger partial charge in [-0.25, -0.2) is 0 Å². The van der Waals surface area contributed by atoms with E-state index < -0.39 is 0 Å². The summed E-state index contributed by atoms with van der Waals surface area (Å²) in [7, 11) is 0. The fourth-order valence-corrected chi connectivity index (χ4v) is 0. The monoisotopic (exact) mass is 216 g/mol. The van der Waals surface area contributed by atoms with E-state index in [0.29, 0.717) is 0 Å². The summed E-state index contributed by atoms with van der Waals surface area (Å²) in [5, 5.41) is 0. The summed E-state index contributed by atoms with van der Waals surface area (Å²) in [6.07, 6.45) is 0. The third-order valence-electron chi connectivity index (χ3n) is 0. The average Bonchev–Trinajstić information content (AvgIpc) is 0. The second-order valence-electron chi connectivity index (χ2n) is 0. The summed E-state index contributed by atoms with van der Waals surface area (Å²) in [6, 6.07) is 0. The van der Waals surface area contributed by atoms with Gasteiger partial charge in [-0.15, -0.1) is 0 Å². The van der Waals surface area contributed by atoms with Gasteiger partial charge in [0.2, 0.25) is 0 Å². The third-order valence-corrected chi connectivity index (χ3v) is 0. The van der Waals surface area contributed by atoms with Gasteiger partial charge in [0.05, 0.1) is 0 Å². The van der Waals surface area contributed by atoms with E-state index in [-0.39, 0.29) is 54.2 Å². The Hall–Kier alpha value is 1.14. The minimum absolute atomic E-state index is 0. The van der Waals surface area contributed by atoms with Gasteiger partial charge < -0.3 is 16.4 Å². The van der Waals surface area contributed by atoms with Gasteiger partial charge in [-0.1, -0.05) is 0 Å². The Morgan fingerprint density at radius 2 is 0.500 bits per heavy atom. The van der Waals surface area contributed by atoms with Crippen molar-refractivity contribution >= 4 is 0 Å². The molecule has 0 aliphatic rings. The van der Waals surface area contributed by atoms with Gasteiger partial charge in [-0.3, -0.25) is 0 Å². The van der Waals surface area contributed by atoms with Crippen LogP contribution >= 0.6 is 0 Å². The molecule has 0 fully saturated rings. The molecule has 0 aromatic carbocycles. The second kappa shape index (κ2) is 31.4. The topological polar surface area (TPSA) is 90.0 Å². The van der Waals surface area contributed by atoms with Crippen LogP contribution in [-0.4, -0.2) is 16.4 Å². The fourth-order valence-electron chi connectivity index (χ4n) is 0. The summed E-state index contributed by atoms with van der Waals surface area (Å²) < 4.78 is 0. The standard InChI is InChI=1S/Ho.3H2O/h;3*1H2/q+3;;;/p-3. The van der Waals surface area contributed by atoms with Gasteiger partial charge in [0.25, 0.3) is 0 Å².